The zero-order valence-electron chi connectivity index (χ0n) is 11.1. The van der Waals surface area contributed by atoms with Crippen molar-refractivity contribution in [2.45, 2.75) is 26.2 Å². The van der Waals surface area contributed by atoms with Crippen molar-refractivity contribution in [1.82, 2.24) is 15.5 Å². The van der Waals surface area contributed by atoms with Crippen molar-refractivity contribution in [1.29, 1.82) is 0 Å². The molecule has 0 aromatic heterocycles. The Kier molecular flexibility index (Phi) is 4.05. The highest BCUT2D eigenvalue weighted by molar-refractivity contribution is 5.78. The molecule has 2 aliphatic rings. The third kappa shape index (κ3) is 3.19. The van der Waals surface area contributed by atoms with Gasteiger partial charge in [0, 0.05) is 26.1 Å². The second-order valence-electron chi connectivity index (χ2n) is 5.90. The van der Waals surface area contributed by atoms with E-state index in [1.807, 2.05) is 0 Å². The minimum Gasteiger partial charge on any atom is -0.359 e. The lowest BCUT2D eigenvalue weighted by Crippen LogP contribution is -2.44. The molecular formula is C13H25N3O. The van der Waals surface area contributed by atoms with E-state index in [9.17, 15) is 4.79 Å². The third-order valence-corrected chi connectivity index (χ3v) is 4.27. The van der Waals surface area contributed by atoms with Gasteiger partial charge in [-0.3, -0.25) is 4.79 Å². The summed E-state index contributed by atoms with van der Waals surface area (Å²) in [5.74, 6) is 0.462. The molecule has 0 radical (unpaired) electrons. The number of hydrogen-bond donors (Lipinski definition) is 2. The number of carbonyl (C=O) groups excluding carboxylic acids is 1. The van der Waals surface area contributed by atoms with Crippen LogP contribution in [-0.2, 0) is 4.79 Å². The van der Waals surface area contributed by atoms with E-state index in [4.69, 9.17) is 0 Å². The molecule has 2 aliphatic heterocycles. The zero-order chi connectivity index (χ0) is 12.3. The fourth-order valence-electron chi connectivity index (χ4n) is 3.10. The van der Waals surface area contributed by atoms with Gasteiger partial charge < -0.3 is 15.5 Å². The van der Waals surface area contributed by atoms with E-state index in [1.54, 1.807) is 7.05 Å². The number of hydrogen-bond acceptors (Lipinski definition) is 3. The highest BCUT2D eigenvalue weighted by atomic mass is 16.1. The van der Waals surface area contributed by atoms with E-state index in [2.05, 4.69) is 22.5 Å². The van der Waals surface area contributed by atoms with Crippen molar-refractivity contribution in [2.75, 3.05) is 39.8 Å². The summed E-state index contributed by atoms with van der Waals surface area (Å²) in [6.45, 7) is 8.01. The molecule has 2 heterocycles. The predicted octanol–water partition coefficient (Wildman–Crippen LogP) is 0.444. The van der Waals surface area contributed by atoms with Crippen LogP contribution in [0.3, 0.4) is 0 Å². The molecule has 1 amide bonds. The Morgan fingerprint density at radius 1 is 1.47 bits per heavy atom. The van der Waals surface area contributed by atoms with Crippen molar-refractivity contribution < 1.29 is 4.79 Å². The van der Waals surface area contributed by atoms with Gasteiger partial charge in [-0.15, -0.1) is 0 Å². The van der Waals surface area contributed by atoms with Gasteiger partial charge in [-0.25, -0.2) is 0 Å². The SMILES string of the molecule is CNC(=O)C1CCN(CC2(C)CCNC2)CC1. The lowest BCUT2D eigenvalue weighted by atomic mass is 9.87. The summed E-state index contributed by atoms with van der Waals surface area (Å²) in [5.41, 5.74) is 0.444. The maximum atomic E-state index is 11.5. The van der Waals surface area contributed by atoms with Crippen molar-refractivity contribution >= 4 is 5.91 Å². The Labute approximate surface area is 104 Å². The van der Waals surface area contributed by atoms with E-state index in [1.165, 1.54) is 13.0 Å². The van der Waals surface area contributed by atoms with E-state index < -0.39 is 0 Å². The van der Waals surface area contributed by atoms with E-state index >= 15 is 0 Å². The minimum absolute atomic E-state index is 0.221. The molecule has 0 aromatic carbocycles. The van der Waals surface area contributed by atoms with Crippen LogP contribution in [0.5, 0.6) is 0 Å². The second kappa shape index (κ2) is 5.36. The molecule has 98 valence electrons. The summed E-state index contributed by atoms with van der Waals surface area (Å²) in [4.78, 5) is 14.1. The Hall–Kier alpha value is -0.610. The van der Waals surface area contributed by atoms with Gasteiger partial charge in [-0.1, -0.05) is 6.92 Å². The first-order valence-electron chi connectivity index (χ1n) is 6.78. The minimum atomic E-state index is 0.221. The Morgan fingerprint density at radius 3 is 2.71 bits per heavy atom. The van der Waals surface area contributed by atoms with E-state index in [0.717, 1.165) is 39.0 Å². The lowest BCUT2D eigenvalue weighted by Gasteiger charge is -2.36. The van der Waals surface area contributed by atoms with Crippen molar-refractivity contribution in [3.63, 3.8) is 0 Å². The average Bonchev–Trinajstić information content (AvgIpc) is 2.76. The molecule has 2 N–H and O–H groups in total. The van der Waals surface area contributed by atoms with Crippen molar-refractivity contribution in [2.24, 2.45) is 11.3 Å². The van der Waals surface area contributed by atoms with Crippen LogP contribution in [0.15, 0.2) is 0 Å². The van der Waals surface area contributed by atoms with Crippen molar-refractivity contribution in [3.05, 3.63) is 0 Å². The van der Waals surface area contributed by atoms with Gasteiger partial charge in [0.15, 0.2) is 0 Å². The number of nitrogens with one attached hydrogen (secondary N) is 2. The lowest BCUT2D eigenvalue weighted by molar-refractivity contribution is -0.126. The van der Waals surface area contributed by atoms with Gasteiger partial charge in [-0.05, 0) is 44.3 Å². The van der Waals surface area contributed by atoms with Crippen LogP contribution in [0.1, 0.15) is 26.2 Å². The average molecular weight is 239 g/mol. The number of amides is 1. The molecule has 2 fully saturated rings. The maximum absolute atomic E-state index is 11.5. The number of carbonyl (C=O) groups is 1. The van der Waals surface area contributed by atoms with Crippen LogP contribution in [-0.4, -0.2) is 50.6 Å². The smallest absolute Gasteiger partial charge is 0.222 e. The van der Waals surface area contributed by atoms with Crippen LogP contribution in [0.4, 0.5) is 0 Å². The van der Waals surface area contributed by atoms with E-state index in [-0.39, 0.29) is 11.8 Å². The number of likely N-dealkylation sites (tertiary alicyclic amines) is 1. The van der Waals surface area contributed by atoms with Gasteiger partial charge in [0.2, 0.25) is 5.91 Å². The summed E-state index contributed by atoms with van der Waals surface area (Å²) >= 11 is 0. The van der Waals surface area contributed by atoms with Crippen LogP contribution in [0.2, 0.25) is 0 Å². The molecule has 1 unspecified atom stereocenters. The molecule has 1 atom stereocenters. The summed E-state index contributed by atoms with van der Waals surface area (Å²) in [6, 6.07) is 0. The number of nitrogens with zero attached hydrogens (tertiary/aromatic N) is 1. The third-order valence-electron chi connectivity index (χ3n) is 4.27. The highest BCUT2D eigenvalue weighted by Gasteiger charge is 2.32. The molecule has 2 saturated heterocycles. The molecule has 0 aliphatic carbocycles. The van der Waals surface area contributed by atoms with Gasteiger partial charge in [0.05, 0.1) is 0 Å². The Morgan fingerprint density at radius 2 is 2.18 bits per heavy atom. The molecule has 0 bridgehead atoms. The van der Waals surface area contributed by atoms with Crippen molar-refractivity contribution in [3.8, 4) is 0 Å². The summed E-state index contributed by atoms with van der Waals surface area (Å²) < 4.78 is 0. The molecule has 4 heteroatoms. The van der Waals surface area contributed by atoms with Gasteiger partial charge in [0.25, 0.3) is 0 Å². The molecule has 2 rings (SSSR count). The fourth-order valence-corrected chi connectivity index (χ4v) is 3.10. The molecule has 0 saturated carbocycles. The quantitative estimate of drug-likeness (QED) is 0.751. The molecule has 17 heavy (non-hydrogen) atoms. The first-order chi connectivity index (χ1) is 8.13. The van der Waals surface area contributed by atoms with Gasteiger partial charge >= 0.3 is 0 Å². The Bertz CT molecular complexity index is 266. The molecule has 0 aromatic rings. The molecule has 0 spiro atoms. The van der Waals surface area contributed by atoms with Crippen LogP contribution in [0.25, 0.3) is 0 Å². The predicted molar refractivity (Wildman–Crippen MR) is 68.8 cm³/mol. The van der Waals surface area contributed by atoms with Gasteiger partial charge in [0.1, 0.15) is 0 Å². The standard InChI is InChI=1S/C13H25N3O/c1-13(5-6-15-9-13)10-16-7-3-11(4-8-16)12(17)14-2/h11,15H,3-10H2,1-2H3,(H,14,17). The largest absolute Gasteiger partial charge is 0.359 e. The summed E-state index contributed by atoms with van der Waals surface area (Å²) in [6.07, 6.45) is 3.31. The zero-order valence-corrected chi connectivity index (χ0v) is 11.1. The first-order valence-corrected chi connectivity index (χ1v) is 6.78. The van der Waals surface area contributed by atoms with Crippen LogP contribution in [0, 0.1) is 11.3 Å². The topological polar surface area (TPSA) is 44.4 Å². The Balaban J connectivity index is 1.77. The van der Waals surface area contributed by atoms with E-state index in [0.29, 0.717) is 5.41 Å². The maximum Gasteiger partial charge on any atom is 0.222 e. The molecular weight excluding hydrogens is 214 g/mol. The monoisotopic (exact) mass is 239 g/mol. The normalized spacial score (nSPS) is 31.6. The fraction of sp³-hybridized carbons (Fsp3) is 0.923. The summed E-state index contributed by atoms with van der Waals surface area (Å²) in [5, 5.41) is 6.21. The second-order valence-corrected chi connectivity index (χ2v) is 5.90. The van der Waals surface area contributed by atoms with Gasteiger partial charge in [-0.2, -0.15) is 0 Å². The van der Waals surface area contributed by atoms with Crippen LogP contribution < -0.4 is 10.6 Å². The number of rotatable bonds is 3. The summed E-state index contributed by atoms with van der Waals surface area (Å²) in [7, 11) is 1.74. The van der Waals surface area contributed by atoms with Crippen LogP contribution >= 0.6 is 0 Å². The first kappa shape index (κ1) is 12.8. The number of piperidine rings is 1. The molecule has 4 nitrogen and oxygen atoms in total. The highest BCUT2D eigenvalue weighted by Crippen LogP contribution is 2.28.